The maximum Gasteiger partial charge on any atom is 0.0987 e. The number of benzene rings is 2. The van der Waals surface area contributed by atoms with Crippen LogP contribution in [0.4, 0.5) is 0 Å². The molecule has 130 valence electrons. The monoisotopic (exact) mass is 332 g/mol. The van der Waals surface area contributed by atoms with Crippen LogP contribution in [0.3, 0.4) is 0 Å². The van der Waals surface area contributed by atoms with E-state index in [-0.39, 0.29) is 5.41 Å². The summed E-state index contributed by atoms with van der Waals surface area (Å²) < 4.78 is 0. The van der Waals surface area contributed by atoms with Crippen LogP contribution in [0.1, 0.15) is 51.5 Å². The first-order valence-electron chi connectivity index (χ1n) is 9.62. The average molecular weight is 332 g/mol. The van der Waals surface area contributed by atoms with Gasteiger partial charge in [0.1, 0.15) is 0 Å². The van der Waals surface area contributed by atoms with E-state index in [1.807, 2.05) is 0 Å². The van der Waals surface area contributed by atoms with Crippen LogP contribution in [0, 0.1) is 17.3 Å². The predicted molar refractivity (Wildman–Crippen MR) is 105 cm³/mol. The minimum Gasteiger partial charge on any atom is -0.512 e. The Morgan fingerprint density at radius 1 is 0.960 bits per heavy atom. The Hall–Kier alpha value is -2.02. The number of allylic oxidation sites excluding steroid dienone is 2. The molecule has 1 fully saturated rings. The topological polar surface area (TPSA) is 20.2 Å². The molecule has 0 aromatic heterocycles. The molecule has 2 aromatic rings. The van der Waals surface area contributed by atoms with Gasteiger partial charge in [0.15, 0.2) is 0 Å². The zero-order valence-electron chi connectivity index (χ0n) is 15.5. The third-order valence-electron chi connectivity index (χ3n) is 6.59. The summed E-state index contributed by atoms with van der Waals surface area (Å²) in [5.74, 6) is 2.21. The number of rotatable bonds is 3. The Balaban J connectivity index is 1.63. The lowest BCUT2D eigenvalue weighted by atomic mass is 9.73. The quantitative estimate of drug-likeness (QED) is 0.661. The lowest BCUT2D eigenvalue weighted by Gasteiger charge is -2.33. The van der Waals surface area contributed by atoms with E-state index in [0.717, 1.165) is 18.6 Å². The van der Waals surface area contributed by atoms with Gasteiger partial charge < -0.3 is 5.11 Å². The first-order chi connectivity index (χ1) is 12.0. The van der Waals surface area contributed by atoms with Crippen molar-refractivity contribution < 1.29 is 5.11 Å². The van der Waals surface area contributed by atoms with Gasteiger partial charge in [0.05, 0.1) is 5.76 Å². The summed E-state index contributed by atoms with van der Waals surface area (Å²) in [7, 11) is 0. The molecule has 0 bridgehead atoms. The summed E-state index contributed by atoms with van der Waals surface area (Å²) in [6.45, 7) is 6.74. The van der Waals surface area contributed by atoms with Crippen molar-refractivity contribution in [1.82, 2.24) is 0 Å². The average Bonchev–Trinajstić information content (AvgIpc) is 3.38. The maximum atomic E-state index is 11.0. The number of aliphatic hydroxyl groups is 1. The zero-order chi connectivity index (χ0) is 17.6. The van der Waals surface area contributed by atoms with Crippen LogP contribution >= 0.6 is 0 Å². The fourth-order valence-corrected chi connectivity index (χ4v) is 4.88. The highest BCUT2D eigenvalue weighted by Crippen LogP contribution is 2.70. The minimum atomic E-state index is 0.00607. The molecule has 0 unspecified atom stereocenters. The molecule has 0 aliphatic heterocycles. The minimum absolute atomic E-state index is 0.00607. The molecule has 25 heavy (non-hydrogen) atoms. The first kappa shape index (κ1) is 16.4. The molecule has 1 nitrogen and oxygen atoms in total. The molecular formula is C24H28O. The predicted octanol–water partition coefficient (Wildman–Crippen LogP) is 6.73. The summed E-state index contributed by atoms with van der Waals surface area (Å²) >= 11 is 0. The molecule has 2 aromatic carbocycles. The van der Waals surface area contributed by atoms with Crippen molar-refractivity contribution in [3.63, 3.8) is 0 Å². The van der Waals surface area contributed by atoms with E-state index < -0.39 is 0 Å². The highest BCUT2D eigenvalue weighted by atomic mass is 16.3. The van der Waals surface area contributed by atoms with Gasteiger partial charge in [0, 0.05) is 5.41 Å². The van der Waals surface area contributed by atoms with Crippen molar-refractivity contribution in [2.24, 2.45) is 17.3 Å². The maximum absolute atomic E-state index is 11.0. The van der Waals surface area contributed by atoms with E-state index in [9.17, 15) is 5.11 Å². The molecule has 3 atom stereocenters. The van der Waals surface area contributed by atoms with Gasteiger partial charge in [-0.2, -0.15) is 0 Å². The fourth-order valence-electron chi connectivity index (χ4n) is 4.88. The van der Waals surface area contributed by atoms with Gasteiger partial charge in [-0.15, -0.1) is 0 Å². The molecule has 0 heterocycles. The number of hydrogen-bond donors (Lipinski definition) is 1. The summed E-state index contributed by atoms with van der Waals surface area (Å²) in [6.07, 6.45) is 3.36. The first-order valence-corrected chi connectivity index (χ1v) is 9.62. The van der Waals surface area contributed by atoms with E-state index >= 15 is 0 Å². The van der Waals surface area contributed by atoms with Crippen molar-refractivity contribution in [3.8, 4) is 11.1 Å². The highest BCUT2D eigenvalue weighted by Gasteiger charge is 2.62. The lowest BCUT2D eigenvalue weighted by Crippen LogP contribution is -2.25. The summed E-state index contributed by atoms with van der Waals surface area (Å²) in [5, 5.41) is 11.0. The lowest BCUT2D eigenvalue weighted by molar-refractivity contribution is 0.204. The van der Waals surface area contributed by atoms with Crippen molar-refractivity contribution in [3.05, 3.63) is 71.5 Å². The number of aliphatic hydroxyl groups excluding tert-OH is 1. The standard InChI is InChI=1S/C24H28O/c1-16(2)21-14-9-17(3)24(23(21)25)15-22(24)20-12-10-19(11-13-20)18-7-5-4-6-8-18/h4-8,10-13,16-17,22,25H,9,14-15H2,1-3H3/t17-,22+,24+/m0/s1. The Morgan fingerprint density at radius 3 is 2.24 bits per heavy atom. The molecule has 2 aliphatic rings. The van der Waals surface area contributed by atoms with Gasteiger partial charge in [-0.3, -0.25) is 0 Å². The van der Waals surface area contributed by atoms with E-state index in [2.05, 4.69) is 75.4 Å². The van der Waals surface area contributed by atoms with Crippen LogP contribution in [0.25, 0.3) is 11.1 Å². The summed E-state index contributed by atoms with van der Waals surface area (Å²) in [6, 6.07) is 19.5. The summed E-state index contributed by atoms with van der Waals surface area (Å²) in [5.41, 5.74) is 5.20. The Labute approximate surface area is 151 Å². The smallest absolute Gasteiger partial charge is 0.0987 e. The molecule has 1 heteroatoms. The van der Waals surface area contributed by atoms with Crippen LogP contribution in [0.2, 0.25) is 0 Å². The second-order valence-electron chi connectivity index (χ2n) is 8.25. The second-order valence-corrected chi connectivity index (χ2v) is 8.25. The normalized spacial score (nSPS) is 28.6. The molecule has 2 aliphatic carbocycles. The van der Waals surface area contributed by atoms with Gasteiger partial charge in [0.25, 0.3) is 0 Å². The highest BCUT2D eigenvalue weighted by molar-refractivity contribution is 5.63. The van der Waals surface area contributed by atoms with Crippen LogP contribution in [0.15, 0.2) is 65.9 Å². The van der Waals surface area contributed by atoms with E-state index in [0.29, 0.717) is 17.8 Å². The largest absolute Gasteiger partial charge is 0.512 e. The van der Waals surface area contributed by atoms with Crippen molar-refractivity contribution in [2.75, 3.05) is 0 Å². The van der Waals surface area contributed by atoms with E-state index in [4.69, 9.17) is 0 Å². The van der Waals surface area contributed by atoms with Gasteiger partial charge in [-0.1, -0.05) is 75.4 Å². The van der Waals surface area contributed by atoms with Crippen molar-refractivity contribution in [1.29, 1.82) is 0 Å². The Kier molecular flexibility index (Phi) is 3.98. The molecule has 4 rings (SSSR count). The number of hydrogen-bond acceptors (Lipinski definition) is 1. The van der Waals surface area contributed by atoms with Crippen molar-refractivity contribution >= 4 is 0 Å². The molecule has 1 spiro atoms. The summed E-state index contributed by atoms with van der Waals surface area (Å²) in [4.78, 5) is 0. The van der Waals surface area contributed by atoms with Gasteiger partial charge in [0.2, 0.25) is 0 Å². The van der Waals surface area contributed by atoms with Gasteiger partial charge in [-0.05, 0) is 59.3 Å². The fraction of sp³-hybridized carbons (Fsp3) is 0.417. The van der Waals surface area contributed by atoms with Crippen LogP contribution in [0.5, 0.6) is 0 Å². The Bertz CT molecular complexity index is 785. The van der Waals surface area contributed by atoms with Crippen LogP contribution < -0.4 is 0 Å². The molecule has 0 saturated heterocycles. The molecular weight excluding hydrogens is 304 g/mol. The third kappa shape index (κ3) is 2.61. The second kappa shape index (κ2) is 6.05. The van der Waals surface area contributed by atoms with E-state index in [1.165, 1.54) is 28.7 Å². The molecule has 0 amide bonds. The van der Waals surface area contributed by atoms with Crippen molar-refractivity contribution in [2.45, 2.75) is 46.0 Å². The third-order valence-corrected chi connectivity index (χ3v) is 6.59. The SMILES string of the molecule is CC(C)C1=C(O)[C@]2(C[C@@H]2c2ccc(-c3ccccc3)cc2)[C@@H](C)CC1. The van der Waals surface area contributed by atoms with E-state index in [1.54, 1.807) is 0 Å². The van der Waals surface area contributed by atoms with Gasteiger partial charge in [-0.25, -0.2) is 0 Å². The van der Waals surface area contributed by atoms with Gasteiger partial charge >= 0.3 is 0 Å². The molecule has 1 N–H and O–H groups in total. The molecule has 1 saturated carbocycles. The van der Waals surface area contributed by atoms with Crippen LogP contribution in [-0.2, 0) is 0 Å². The van der Waals surface area contributed by atoms with Crippen LogP contribution in [-0.4, -0.2) is 5.11 Å². The Morgan fingerprint density at radius 2 is 1.60 bits per heavy atom. The molecule has 0 radical (unpaired) electrons. The zero-order valence-corrected chi connectivity index (χ0v) is 15.5.